The number of ether oxygens (including phenoxy) is 2. The van der Waals surface area contributed by atoms with Gasteiger partial charge in [0.25, 0.3) is 11.8 Å². The Kier molecular flexibility index (Phi) is 5.11. The Morgan fingerprint density at radius 1 is 0.844 bits per heavy atom. The largest absolute Gasteiger partial charge is 0.454 e. The molecule has 0 fully saturated rings. The molecule has 0 aliphatic carbocycles. The number of anilines is 1. The van der Waals surface area contributed by atoms with E-state index in [1.54, 1.807) is 12.1 Å². The van der Waals surface area contributed by atoms with Crippen molar-refractivity contribution in [3.63, 3.8) is 0 Å². The van der Waals surface area contributed by atoms with E-state index >= 15 is 0 Å². The Labute approximate surface area is 186 Å². The Morgan fingerprint density at radius 3 is 2.31 bits per heavy atom. The average molecular weight is 426 g/mol. The van der Waals surface area contributed by atoms with Gasteiger partial charge < -0.3 is 14.8 Å². The van der Waals surface area contributed by atoms with Crippen molar-refractivity contribution in [3.05, 3.63) is 95.2 Å². The van der Waals surface area contributed by atoms with Gasteiger partial charge in [-0.25, -0.2) is 0 Å². The Hall–Kier alpha value is -4.06. The Bertz CT molecular complexity index is 1220. The van der Waals surface area contributed by atoms with E-state index in [2.05, 4.69) is 12.2 Å². The third-order valence-corrected chi connectivity index (χ3v) is 5.64. The Morgan fingerprint density at radius 2 is 1.56 bits per heavy atom. The molecule has 0 spiro atoms. The maximum Gasteiger partial charge on any atom is 0.278 e. The summed E-state index contributed by atoms with van der Waals surface area (Å²) in [5.74, 6) is 0.596. The number of hydrogen-bond donors (Lipinski definition) is 1. The standard InChI is InChI=1S/C26H22N2O4/c1-2-17-8-11-20(12-9-17)27-24-23(19-6-4-3-5-7-19)25(29)28(26(24)30)15-18-10-13-21-22(14-18)32-16-31-21/h3-14,27H,2,15-16H2,1H3. The van der Waals surface area contributed by atoms with Crippen LogP contribution in [0.2, 0.25) is 0 Å². The summed E-state index contributed by atoms with van der Waals surface area (Å²) in [6, 6.07) is 22.6. The molecule has 32 heavy (non-hydrogen) atoms. The highest BCUT2D eigenvalue weighted by Gasteiger charge is 2.39. The molecule has 0 radical (unpaired) electrons. The number of carbonyl (C=O) groups is 2. The summed E-state index contributed by atoms with van der Waals surface area (Å²) in [6.45, 7) is 2.40. The van der Waals surface area contributed by atoms with Crippen LogP contribution in [0, 0.1) is 0 Å². The number of fused-ring (bicyclic) bond motifs is 1. The monoisotopic (exact) mass is 426 g/mol. The molecule has 2 amide bonds. The van der Waals surface area contributed by atoms with E-state index in [4.69, 9.17) is 9.47 Å². The number of amides is 2. The molecular weight excluding hydrogens is 404 g/mol. The number of hydrogen-bond acceptors (Lipinski definition) is 5. The number of carbonyl (C=O) groups excluding carboxylic acids is 2. The van der Waals surface area contributed by atoms with Crippen LogP contribution in [0.5, 0.6) is 11.5 Å². The van der Waals surface area contributed by atoms with Crippen molar-refractivity contribution in [3.8, 4) is 11.5 Å². The SMILES string of the molecule is CCc1ccc(NC2=C(c3ccccc3)C(=O)N(Cc3ccc4c(c3)OCO4)C2=O)cc1. The van der Waals surface area contributed by atoms with E-state index in [0.29, 0.717) is 22.6 Å². The van der Waals surface area contributed by atoms with Crippen LogP contribution < -0.4 is 14.8 Å². The molecule has 3 aromatic rings. The fourth-order valence-electron chi connectivity index (χ4n) is 3.90. The van der Waals surface area contributed by atoms with Gasteiger partial charge in [0, 0.05) is 5.69 Å². The fourth-order valence-corrected chi connectivity index (χ4v) is 3.90. The first-order chi connectivity index (χ1) is 15.6. The zero-order valence-corrected chi connectivity index (χ0v) is 17.6. The minimum absolute atomic E-state index is 0.143. The molecule has 2 aliphatic heterocycles. The molecule has 0 saturated heterocycles. The molecule has 5 rings (SSSR count). The van der Waals surface area contributed by atoms with Crippen molar-refractivity contribution in [1.82, 2.24) is 4.90 Å². The number of rotatable bonds is 6. The first-order valence-corrected chi connectivity index (χ1v) is 10.5. The average Bonchev–Trinajstić information content (AvgIpc) is 3.38. The summed E-state index contributed by atoms with van der Waals surface area (Å²) in [7, 11) is 0. The highest BCUT2D eigenvalue weighted by molar-refractivity contribution is 6.36. The lowest BCUT2D eigenvalue weighted by atomic mass is 10.0. The zero-order chi connectivity index (χ0) is 22.1. The molecular formula is C26H22N2O4. The van der Waals surface area contributed by atoms with Gasteiger partial charge in [-0.15, -0.1) is 0 Å². The van der Waals surface area contributed by atoms with Crippen LogP contribution in [0.3, 0.4) is 0 Å². The minimum atomic E-state index is -0.355. The molecule has 3 aromatic carbocycles. The maximum absolute atomic E-state index is 13.4. The number of benzene rings is 3. The predicted octanol–water partition coefficient (Wildman–Crippen LogP) is 4.37. The van der Waals surface area contributed by atoms with Gasteiger partial charge in [-0.05, 0) is 47.4 Å². The smallest absolute Gasteiger partial charge is 0.278 e. The lowest BCUT2D eigenvalue weighted by Gasteiger charge is -2.16. The van der Waals surface area contributed by atoms with Gasteiger partial charge in [-0.2, -0.15) is 0 Å². The summed E-state index contributed by atoms with van der Waals surface area (Å²) < 4.78 is 10.8. The Balaban J connectivity index is 1.48. The molecule has 0 atom stereocenters. The highest BCUT2D eigenvalue weighted by atomic mass is 16.7. The minimum Gasteiger partial charge on any atom is -0.454 e. The second kappa shape index (κ2) is 8.23. The van der Waals surface area contributed by atoms with Gasteiger partial charge in [0.1, 0.15) is 5.70 Å². The van der Waals surface area contributed by atoms with Crippen LogP contribution in [0.4, 0.5) is 5.69 Å². The van der Waals surface area contributed by atoms with Crippen LogP contribution in [-0.4, -0.2) is 23.5 Å². The highest BCUT2D eigenvalue weighted by Crippen LogP contribution is 2.35. The number of aryl methyl sites for hydroxylation is 1. The lowest BCUT2D eigenvalue weighted by Crippen LogP contribution is -2.32. The van der Waals surface area contributed by atoms with E-state index in [-0.39, 0.29) is 30.8 Å². The quantitative estimate of drug-likeness (QED) is 0.593. The molecule has 0 aromatic heterocycles. The molecule has 2 aliphatic rings. The number of nitrogens with zero attached hydrogens (tertiary/aromatic N) is 1. The zero-order valence-electron chi connectivity index (χ0n) is 17.6. The van der Waals surface area contributed by atoms with E-state index in [1.807, 2.05) is 60.7 Å². The van der Waals surface area contributed by atoms with Gasteiger partial charge in [-0.3, -0.25) is 14.5 Å². The summed E-state index contributed by atoms with van der Waals surface area (Å²) in [5.41, 5.74) is 4.11. The van der Waals surface area contributed by atoms with Crippen LogP contribution >= 0.6 is 0 Å². The van der Waals surface area contributed by atoms with E-state index in [9.17, 15) is 9.59 Å². The molecule has 0 unspecified atom stereocenters. The van der Waals surface area contributed by atoms with Crippen molar-refractivity contribution in [2.24, 2.45) is 0 Å². The van der Waals surface area contributed by atoms with Gasteiger partial charge in [0.15, 0.2) is 11.5 Å². The number of imide groups is 1. The molecule has 6 nitrogen and oxygen atoms in total. The second-order valence-corrected chi connectivity index (χ2v) is 7.68. The normalized spacial score (nSPS) is 15.0. The van der Waals surface area contributed by atoms with Gasteiger partial charge in [-0.1, -0.05) is 55.5 Å². The van der Waals surface area contributed by atoms with Crippen molar-refractivity contribution >= 4 is 23.1 Å². The van der Waals surface area contributed by atoms with E-state index < -0.39 is 0 Å². The first-order valence-electron chi connectivity index (χ1n) is 10.5. The summed E-state index contributed by atoms with van der Waals surface area (Å²) in [6.07, 6.45) is 0.930. The van der Waals surface area contributed by atoms with Gasteiger partial charge >= 0.3 is 0 Å². The molecule has 160 valence electrons. The topological polar surface area (TPSA) is 67.9 Å². The second-order valence-electron chi connectivity index (χ2n) is 7.68. The van der Waals surface area contributed by atoms with Crippen LogP contribution in [0.1, 0.15) is 23.6 Å². The third-order valence-electron chi connectivity index (χ3n) is 5.64. The van der Waals surface area contributed by atoms with Crippen molar-refractivity contribution < 1.29 is 19.1 Å². The predicted molar refractivity (Wildman–Crippen MR) is 121 cm³/mol. The van der Waals surface area contributed by atoms with Crippen molar-refractivity contribution in [2.75, 3.05) is 12.1 Å². The fraction of sp³-hybridized carbons (Fsp3) is 0.154. The molecule has 1 N–H and O–H groups in total. The molecule has 0 bridgehead atoms. The van der Waals surface area contributed by atoms with Crippen LogP contribution in [0.15, 0.2) is 78.5 Å². The molecule has 6 heteroatoms. The van der Waals surface area contributed by atoms with E-state index in [1.165, 1.54) is 10.5 Å². The van der Waals surface area contributed by atoms with E-state index in [0.717, 1.165) is 17.7 Å². The lowest BCUT2D eigenvalue weighted by molar-refractivity contribution is -0.137. The molecule has 0 saturated carbocycles. The summed E-state index contributed by atoms with van der Waals surface area (Å²) in [5, 5.41) is 3.20. The van der Waals surface area contributed by atoms with Crippen LogP contribution in [-0.2, 0) is 22.6 Å². The van der Waals surface area contributed by atoms with Crippen molar-refractivity contribution in [1.29, 1.82) is 0 Å². The molecule has 2 heterocycles. The third kappa shape index (κ3) is 3.60. The number of nitrogens with one attached hydrogen (secondary N) is 1. The maximum atomic E-state index is 13.4. The van der Waals surface area contributed by atoms with Gasteiger partial charge in [0.2, 0.25) is 6.79 Å². The summed E-state index contributed by atoms with van der Waals surface area (Å²) >= 11 is 0. The van der Waals surface area contributed by atoms with Crippen molar-refractivity contribution in [2.45, 2.75) is 19.9 Å². The van der Waals surface area contributed by atoms with Crippen LogP contribution in [0.25, 0.3) is 5.57 Å². The summed E-state index contributed by atoms with van der Waals surface area (Å²) in [4.78, 5) is 28.1. The first kappa shape index (κ1) is 19.9. The van der Waals surface area contributed by atoms with Gasteiger partial charge in [0.05, 0.1) is 12.1 Å².